The molecule has 0 radical (unpaired) electrons. The van der Waals surface area contributed by atoms with Gasteiger partial charge >= 0.3 is 5.97 Å². The van der Waals surface area contributed by atoms with E-state index in [1.165, 1.54) is 6.20 Å². The Morgan fingerprint density at radius 3 is 2.89 bits per heavy atom. The van der Waals surface area contributed by atoms with Crippen LogP contribution in [0.15, 0.2) is 12.3 Å². The van der Waals surface area contributed by atoms with Crippen molar-refractivity contribution in [3.05, 3.63) is 28.5 Å². The Balaban J connectivity index is 1.77. The second-order valence-electron chi connectivity index (χ2n) is 4.27. The van der Waals surface area contributed by atoms with Crippen LogP contribution in [0.5, 0.6) is 0 Å². The lowest BCUT2D eigenvalue weighted by Gasteiger charge is -2.05. The third kappa shape index (κ3) is 3.54. The fourth-order valence-corrected chi connectivity index (χ4v) is 2.46. The minimum atomic E-state index is -0.937. The van der Waals surface area contributed by atoms with Crippen molar-refractivity contribution < 1.29 is 9.90 Å². The highest BCUT2D eigenvalue weighted by atomic mass is 32.1. The summed E-state index contributed by atoms with van der Waals surface area (Å²) in [4.78, 5) is 15.0. The zero-order chi connectivity index (χ0) is 13.8. The average Bonchev–Trinajstić information content (AvgIpc) is 2.92. The van der Waals surface area contributed by atoms with Gasteiger partial charge in [-0.1, -0.05) is 11.3 Å². The summed E-state index contributed by atoms with van der Waals surface area (Å²) in [5.74, 6) is -0.937. The number of hydrogen-bond acceptors (Lipinski definition) is 5. The molecule has 2 heterocycles. The lowest BCUT2D eigenvalue weighted by atomic mass is 10.4. The topological polar surface area (TPSA) is 80.0 Å². The Kier molecular flexibility index (Phi) is 4.16. The molecule has 0 aliphatic rings. The number of thiazole rings is 1. The highest BCUT2D eigenvalue weighted by molar-refractivity contribution is 7.17. The van der Waals surface area contributed by atoms with Crippen molar-refractivity contribution in [2.24, 2.45) is 0 Å². The molecule has 0 aliphatic heterocycles. The van der Waals surface area contributed by atoms with Gasteiger partial charge in [0.05, 0.1) is 11.9 Å². The van der Waals surface area contributed by atoms with Gasteiger partial charge in [-0.05, 0) is 26.3 Å². The molecule has 0 aliphatic carbocycles. The van der Waals surface area contributed by atoms with E-state index in [0.717, 1.165) is 42.2 Å². The van der Waals surface area contributed by atoms with Gasteiger partial charge in [-0.2, -0.15) is 5.10 Å². The summed E-state index contributed by atoms with van der Waals surface area (Å²) in [6.07, 6.45) is 2.28. The summed E-state index contributed by atoms with van der Waals surface area (Å²) in [5.41, 5.74) is 2.18. The van der Waals surface area contributed by atoms with Crippen molar-refractivity contribution in [3.63, 3.8) is 0 Å². The molecule has 2 rings (SSSR count). The van der Waals surface area contributed by atoms with Crippen LogP contribution in [-0.2, 0) is 6.54 Å². The molecule has 2 N–H and O–H groups in total. The standard InChI is InChI=1S/C12H16N4O2S/c1-8-6-9(2)16(15-8)5-3-4-13-12-14-7-10(19-12)11(17)18/h6-7H,3-5H2,1-2H3,(H,13,14)(H,17,18). The molecule has 0 spiro atoms. The van der Waals surface area contributed by atoms with Gasteiger partial charge in [0.25, 0.3) is 0 Å². The van der Waals surface area contributed by atoms with Gasteiger partial charge in [0.1, 0.15) is 4.88 Å². The molecular weight excluding hydrogens is 264 g/mol. The second-order valence-corrected chi connectivity index (χ2v) is 5.30. The van der Waals surface area contributed by atoms with Gasteiger partial charge in [0.15, 0.2) is 5.13 Å². The highest BCUT2D eigenvalue weighted by Gasteiger charge is 2.07. The maximum atomic E-state index is 10.7. The molecule has 2 aromatic rings. The molecule has 102 valence electrons. The first-order valence-corrected chi connectivity index (χ1v) is 6.82. The number of nitrogens with one attached hydrogen (secondary N) is 1. The summed E-state index contributed by atoms with van der Waals surface area (Å²) in [7, 11) is 0. The van der Waals surface area contributed by atoms with E-state index < -0.39 is 5.97 Å². The molecule has 19 heavy (non-hydrogen) atoms. The number of aromatic nitrogens is 3. The zero-order valence-electron chi connectivity index (χ0n) is 10.9. The molecule has 0 saturated heterocycles. The predicted octanol–water partition coefficient (Wildman–Crippen LogP) is 2.16. The lowest BCUT2D eigenvalue weighted by molar-refractivity contribution is 0.0702. The van der Waals surface area contributed by atoms with Crippen molar-refractivity contribution in [1.29, 1.82) is 0 Å². The molecule has 7 heteroatoms. The zero-order valence-corrected chi connectivity index (χ0v) is 11.7. The van der Waals surface area contributed by atoms with Crippen molar-refractivity contribution in [2.45, 2.75) is 26.8 Å². The maximum Gasteiger partial charge on any atom is 0.347 e. The van der Waals surface area contributed by atoms with Gasteiger partial charge in [0.2, 0.25) is 0 Å². The SMILES string of the molecule is Cc1cc(C)n(CCCNc2ncc(C(=O)O)s2)n1. The molecule has 0 amide bonds. The van der Waals surface area contributed by atoms with Crippen LogP contribution in [0, 0.1) is 13.8 Å². The molecular formula is C12H16N4O2S. The number of aromatic carboxylic acids is 1. The van der Waals surface area contributed by atoms with E-state index in [9.17, 15) is 4.79 Å². The van der Waals surface area contributed by atoms with Crippen LogP contribution in [0.4, 0.5) is 5.13 Å². The number of aryl methyl sites for hydroxylation is 3. The van der Waals surface area contributed by atoms with Crippen LogP contribution in [0.1, 0.15) is 27.5 Å². The lowest BCUT2D eigenvalue weighted by Crippen LogP contribution is -2.08. The largest absolute Gasteiger partial charge is 0.477 e. The molecule has 0 bridgehead atoms. The number of hydrogen-bond donors (Lipinski definition) is 2. The summed E-state index contributed by atoms with van der Waals surface area (Å²) < 4.78 is 1.97. The molecule has 0 saturated carbocycles. The van der Waals surface area contributed by atoms with Crippen LogP contribution >= 0.6 is 11.3 Å². The minimum Gasteiger partial charge on any atom is -0.477 e. The number of carboxylic acids is 1. The van der Waals surface area contributed by atoms with Gasteiger partial charge in [-0.25, -0.2) is 9.78 Å². The van der Waals surface area contributed by atoms with Crippen molar-refractivity contribution in [1.82, 2.24) is 14.8 Å². The molecule has 6 nitrogen and oxygen atoms in total. The summed E-state index contributed by atoms with van der Waals surface area (Å²) >= 11 is 1.15. The monoisotopic (exact) mass is 280 g/mol. The number of rotatable bonds is 6. The number of anilines is 1. The summed E-state index contributed by atoms with van der Waals surface area (Å²) in [6, 6.07) is 2.05. The summed E-state index contributed by atoms with van der Waals surface area (Å²) in [5, 5.41) is 16.9. The third-order valence-electron chi connectivity index (χ3n) is 2.64. The van der Waals surface area contributed by atoms with Gasteiger partial charge < -0.3 is 10.4 Å². The Hall–Kier alpha value is -1.89. The third-order valence-corrected chi connectivity index (χ3v) is 3.59. The van der Waals surface area contributed by atoms with Crippen LogP contribution < -0.4 is 5.32 Å². The maximum absolute atomic E-state index is 10.7. The van der Waals surface area contributed by atoms with Crippen LogP contribution in [0.25, 0.3) is 0 Å². The van der Waals surface area contributed by atoms with Gasteiger partial charge in [0, 0.05) is 18.8 Å². The Morgan fingerprint density at radius 1 is 1.53 bits per heavy atom. The first kappa shape index (κ1) is 13.5. The minimum absolute atomic E-state index is 0.251. The Labute approximate surface area is 115 Å². The van der Waals surface area contributed by atoms with E-state index in [2.05, 4.69) is 15.4 Å². The molecule has 0 fully saturated rings. The average molecular weight is 280 g/mol. The van der Waals surface area contributed by atoms with E-state index in [1.54, 1.807) is 0 Å². The highest BCUT2D eigenvalue weighted by Crippen LogP contribution is 2.17. The van der Waals surface area contributed by atoms with Gasteiger partial charge in [-0.15, -0.1) is 0 Å². The molecule has 0 atom stereocenters. The number of nitrogens with zero attached hydrogens (tertiary/aromatic N) is 3. The van der Waals surface area contributed by atoms with E-state index >= 15 is 0 Å². The first-order valence-electron chi connectivity index (χ1n) is 6.00. The normalized spacial score (nSPS) is 10.6. The Bertz CT molecular complexity index is 576. The fourth-order valence-electron chi connectivity index (χ4n) is 1.78. The van der Waals surface area contributed by atoms with E-state index in [4.69, 9.17) is 5.11 Å². The van der Waals surface area contributed by atoms with Crippen LogP contribution in [-0.4, -0.2) is 32.4 Å². The second kappa shape index (κ2) is 5.83. The van der Waals surface area contributed by atoms with Crippen LogP contribution in [0.3, 0.4) is 0 Å². The van der Waals surface area contributed by atoms with Crippen LogP contribution in [0.2, 0.25) is 0 Å². The quantitative estimate of drug-likeness (QED) is 0.793. The van der Waals surface area contributed by atoms with Crippen molar-refractivity contribution in [2.75, 3.05) is 11.9 Å². The molecule has 0 unspecified atom stereocenters. The number of carbonyl (C=O) groups is 1. The first-order chi connectivity index (χ1) is 9.06. The van der Waals surface area contributed by atoms with Crippen molar-refractivity contribution >= 4 is 22.4 Å². The number of carboxylic acid groups (broad SMARTS) is 1. The van der Waals surface area contributed by atoms with E-state index in [1.807, 2.05) is 24.6 Å². The van der Waals surface area contributed by atoms with Gasteiger partial charge in [-0.3, -0.25) is 4.68 Å². The smallest absolute Gasteiger partial charge is 0.347 e. The predicted molar refractivity (Wildman–Crippen MR) is 73.9 cm³/mol. The fraction of sp³-hybridized carbons (Fsp3) is 0.417. The summed E-state index contributed by atoms with van der Waals surface area (Å²) in [6.45, 7) is 5.59. The van der Waals surface area contributed by atoms with Crippen molar-refractivity contribution in [3.8, 4) is 0 Å². The molecule has 0 aromatic carbocycles. The van der Waals surface area contributed by atoms with E-state index in [-0.39, 0.29) is 4.88 Å². The molecule has 2 aromatic heterocycles. The Morgan fingerprint density at radius 2 is 2.32 bits per heavy atom. The van der Waals surface area contributed by atoms with E-state index in [0.29, 0.717) is 5.13 Å².